The van der Waals surface area contributed by atoms with Crippen LogP contribution in [-0.4, -0.2) is 27.3 Å². The number of tetrazole rings is 1. The molecular formula is C12H16ClN5. The Morgan fingerprint density at radius 2 is 1.89 bits per heavy atom. The summed E-state index contributed by atoms with van der Waals surface area (Å²) in [5.41, 5.74) is 1.12. The molecule has 96 valence electrons. The van der Waals surface area contributed by atoms with Crippen LogP contribution in [0, 0.1) is 0 Å². The Morgan fingerprint density at radius 1 is 1.22 bits per heavy atom. The normalized spacial score (nSPS) is 14.4. The van der Waals surface area contributed by atoms with Crippen LogP contribution in [0.5, 0.6) is 0 Å². The maximum absolute atomic E-state index is 5.89. The van der Waals surface area contributed by atoms with Gasteiger partial charge in [0.05, 0.1) is 12.1 Å². The van der Waals surface area contributed by atoms with Crippen molar-refractivity contribution in [1.82, 2.24) is 25.5 Å². The molecule has 0 bridgehead atoms. The minimum absolute atomic E-state index is 0.0723. The number of nitrogens with zero attached hydrogens (tertiary/aromatic N) is 4. The summed E-state index contributed by atoms with van der Waals surface area (Å²) >= 11 is 5.89. The minimum Gasteiger partial charge on any atom is -0.311 e. The average molecular weight is 266 g/mol. The first-order chi connectivity index (χ1) is 8.63. The number of hydrogen-bond donors (Lipinski definition) is 1. The maximum atomic E-state index is 5.89. The van der Waals surface area contributed by atoms with Gasteiger partial charge in [-0.05, 0) is 49.0 Å². The van der Waals surface area contributed by atoms with Crippen LogP contribution in [0.1, 0.15) is 37.3 Å². The zero-order valence-corrected chi connectivity index (χ0v) is 11.4. The van der Waals surface area contributed by atoms with Crippen molar-refractivity contribution in [2.75, 3.05) is 7.05 Å². The standard InChI is InChI=1S/C12H16ClN5/c1-8(14-3)12-15-16-17-18(12)9(2)10-4-6-11(13)7-5-10/h4-9,14H,1-3H3. The molecule has 0 amide bonds. The predicted octanol–water partition coefficient (Wildman–Crippen LogP) is 2.22. The van der Waals surface area contributed by atoms with Crippen LogP contribution in [0.15, 0.2) is 24.3 Å². The van der Waals surface area contributed by atoms with Crippen molar-refractivity contribution in [1.29, 1.82) is 0 Å². The van der Waals surface area contributed by atoms with Gasteiger partial charge in [0.2, 0.25) is 0 Å². The van der Waals surface area contributed by atoms with Crippen molar-refractivity contribution in [3.8, 4) is 0 Å². The van der Waals surface area contributed by atoms with Gasteiger partial charge in [0.15, 0.2) is 5.82 Å². The van der Waals surface area contributed by atoms with Gasteiger partial charge < -0.3 is 5.32 Å². The second-order valence-electron chi connectivity index (χ2n) is 4.22. The molecule has 0 saturated carbocycles. The molecule has 0 radical (unpaired) electrons. The molecule has 1 heterocycles. The van der Waals surface area contributed by atoms with Crippen LogP contribution in [0.2, 0.25) is 5.02 Å². The Labute approximate surface area is 111 Å². The van der Waals surface area contributed by atoms with Crippen molar-refractivity contribution in [2.45, 2.75) is 25.9 Å². The summed E-state index contributed by atoms with van der Waals surface area (Å²) in [4.78, 5) is 0. The zero-order valence-electron chi connectivity index (χ0n) is 10.6. The topological polar surface area (TPSA) is 55.6 Å². The highest BCUT2D eigenvalue weighted by molar-refractivity contribution is 6.30. The van der Waals surface area contributed by atoms with Crippen LogP contribution in [0.4, 0.5) is 0 Å². The summed E-state index contributed by atoms with van der Waals surface area (Å²) in [6.07, 6.45) is 0. The summed E-state index contributed by atoms with van der Waals surface area (Å²) < 4.78 is 1.82. The van der Waals surface area contributed by atoms with Crippen molar-refractivity contribution in [2.24, 2.45) is 0 Å². The number of nitrogens with one attached hydrogen (secondary N) is 1. The second-order valence-corrected chi connectivity index (χ2v) is 4.66. The fourth-order valence-electron chi connectivity index (χ4n) is 1.77. The lowest BCUT2D eigenvalue weighted by molar-refractivity contribution is 0.482. The second kappa shape index (κ2) is 5.46. The van der Waals surface area contributed by atoms with Crippen LogP contribution < -0.4 is 5.32 Å². The Hall–Kier alpha value is -1.46. The van der Waals surface area contributed by atoms with Crippen molar-refractivity contribution < 1.29 is 0 Å². The summed E-state index contributed by atoms with van der Waals surface area (Å²) in [5.74, 6) is 0.819. The van der Waals surface area contributed by atoms with Gasteiger partial charge in [-0.25, -0.2) is 4.68 Å². The number of rotatable bonds is 4. The smallest absolute Gasteiger partial charge is 0.168 e. The average Bonchev–Trinajstić information content (AvgIpc) is 2.87. The first kappa shape index (κ1) is 13.0. The third-order valence-electron chi connectivity index (χ3n) is 3.06. The van der Waals surface area contributed by atoms with Crippen LogP contribution in [0.25, 0.3) is 0 Å². The molecule has 0 fully saturated rings. The fourth-order valence-corrected chi connectivity index (χ4v) is 1.90. The molecule has 6 heteroatoms. The molecule has 2 atom stereocenters. The van der Waals surface area contributed by atoms with Gasteiger partial charge in [0, 0.05) is 5.02 Å². The number of hydrogen-bond acceptors (Lipinski definition) is 4. The summed E-state index contributed by atoms with van der Waals surface area (Å²) in [6.45, 7) is 4.09. The first-order valence-corrected chi connectivity index (χ1v) is 6.21. The van der Waals surface area contributed by atoms with Gasteiger partial charge in [-0.1, -0.05) is 23.7 Å². The van der Waals surface area contributed by atoms with E-state index in [-0.39, 0.29) is 12.1 Å². The van der Waals surface area contributed by atoms with E-state index in [1.807, 2.05) is 42.9 Å². The Bertz CT molecular complexity index is 507. The van der Waals surface area contributed by atoms with Crippen LogP contribution >= 0.6 is 11.6 Å². The number of aromatic nitrogens is 4. The molecule has 0 aliphatic carbocycles. The number of benzene rings is 1. The van der Waals surface area contributed by atoms with Crippen LogP contribution in [-0.2, 0) is 0 Å². The lowest BCUT2D eigenvalue weighted by atomic mass is 10.1. The quantitative estimate of drug-likeness (QED) is 0.921. The monoisotopic (exact) mass is 265 g/mol. The van der Waals surface area contributed by atoms with E-state index >= 15 is 0 Å². The lowest BCUT2D eigenvalue weighted by Gasteiger charge is -2.16. The van der Waals surface area contributed by atoms with E-state index in [4.69, 9.17) is 11.6 Å². The summed E-state index contributed by atoms with van der Waals surface area (Å²) in [5, 5.41) is 15.8. The fraction of sp³-hybridized carbons (Fsp3) is 0.417. The molecule has 18 heavy (non-hydrogen) atoms. The van der Waals surface area contributed by atoms with E-state index in [2.05, 4.69) is 27.8 Å². The van der Waals surface area contributed by atoms with Gasteiger partial charge in [0.25, 0.3) is 0 Å². The minimum atomic E-state index is 0.0723. The molecule has 5 nitrogen and oxygen atoms in total. The SMILES string of the molecule is CNC(C)c1nnnn1C(C)c1ccc(Cl)cc1. The van der Waals surface area contributed by atoms with Gasteiger partial charge in [-0.3, -0.25) is 0 Å². The highest BCUT2D eigenvalue weighted by atomic mass is 35.5. The third-order valence-corrected chi connectivity index (χ3v) is 3.31. The van der Waals surface area contributed by atoms with Crippen molar-refractivity contribution in [3.63, 3.8) is 0 Å². The Morgan fingerprint density at radius 3 is 2.50 bits per heavy atom. The van der Waals surface area contributed by atoms with Gasteiger partial charge in [0.1, 0.15) is 0 Å². The molecular weight excluding hydrogens is 250 g/mol. The van der Waals surface area contributed by atoms with E-state index < -0.39 is 0 Å². The summed E-state index contributed by atoms with van der Waals surface area (Å²) in [6, 6.07) is 7.90. The zero-order chi connectivity index (χ0) is 13.1. The molecule has 1 N–H and O–H groups in total. The highest BCUT2D eigenvalue weighted by Gasteiger charge is 2.18. The van der Waals surface area contributed by atoms with Crippen molar-refractivity contribution in [3.05, 3.63) is 40.7 Å². The molecule has 2 rings (SSSR count). The van der Waals surface area contributed by atoms with E-state index in [0.29, 0.717) is 0 Å². The molecule has 1 aromatic carbocycles. The van der Waals surface area contributed by atoms with Gasteiger partial charge in [-0.2, -0.15) is 0 Å². The first-order valence-electron chi connectivity index (χ1n) is 5.84. The van der Waals surface area contributed by atoms with Crippen molar-refractivity contribution >= 4 is 11.6 Å². The highest BCUT2D eigenvalue weighted by Crippen LogP contribution is 2.21. The molecule has 2 unspecified atom stereocenters. The largest absolute Gasteiger partial charge is 0.311 e. The van der Waals surface area contributed by atoms with Gasteiger partial charge >= 0.3 is 0 Å². The van der Waals surface area contributed by atoms with E-state index in [1.165, 1.54) is 0 Å². The van der Waals surface area contributed by atoms with Crippen LogP contribution in [0.3, 0.4) is 0 Å². The lowest BCUT2D eigenvalue weighted by Crippen LogP contribution is -2.21. The Kier molecular flexibility index (Phi) is 3.93. The predicted molar refractivity (Wildman–Crippen MR) is 70.6 cm³/mol. The Balaban J connectivity index is 2.31. The van der Waals surface area contributed by atoms with E-state index in [0.717, 1.165) is 16.4 Å². The maximum Gasteiger partial charge on any atom is 0.168 e. The molecule has 0 aliphatic rings. The van der Waals surface area contributed by atoms with E-state index in [9.17, 15) is 0 Å². The molecule has 2 aromatic rings. The van der Waals surface area contributed by atoms with Gasteiger partial charge in [-0.15, -0.1) is 5.10 Å². The molecule has 0 saturated heterocycles. The number of halogens is 1. The molecule has 0 aliphatic heterocycles. The third kappa shape index (κ3) is 2.52. The molecule has 1 aromatic heterocycles. The summed E-state index contributed by atoms with van der Waals surface area (Å²) in [7, 11) is 1.89. The molecule has 0 spiro atoms. The van der Waals surface area contributed by atoms with E-state index in [1.54, 1.807) is 0 Å².